The van der Waals surface area contributed by atoms with Gasteiger partial charge >= 0.3 is 0 Å². The summed E-state index contributed by atoms with van der Waals surface area (Å²) in [6.45, 7) is 4.63. The average molecular weight is 407 g/mol. The van der Waals surface area contributed by atoms with Crippen LogP contribution in [0.2, 0.25) is 0 Å². The van der Waals surface area contributed by atoms with E-state index in [-0.39, 0.29) is 5.91 Å². The van der Waals surface area contributed by atoms with Gasteiger partial charge in [0.05, 0.1) is 43.5 Å². The maximum absolute atomic E-state index is 13.4. The van der Waals surface area contributed by atoms with Gasteiger partial charge in [0.2, 0.25) is 0 Å². The van der Waals surface area contributed by atoms with Crippen molar-refractivity contribution in [2.24, 2.45) is 0 Å². The first kappa shape index (κ1) is 20.0. The molecule has 1 N–H and O–H groups in total. The van der Waals surface area contributed by atoms with Crippen LogP contribution in [0.1, 0.15) is 18.3 Å². The Morgan fingerprint density at radius 1 is 1.20 bits per heavy atom. The molecular formula is C23H25N3O4. The molecule has 2 heterocycles. The number of para-hydroxylation sites is 2. The van der Waals surface area contributed by atoms with Gasteiger partial charge in [0.25, 0.3) is 5.91 Å². The monoisotopic (exact) mass is 407 g/mol. The fourth-order valence-electron chi connectivity index (χ4n) is 3.47. The second kappa shape index (κ2) is 9.00. The zero-order valence-electron chi connectivity index (χ0n) is 17.2. The highest BCUT2D eigenvalue weighted by atomic mass is 16.5. The van der Waals surface area contributed by atoms with Gasteiger partial charge < -0.3 is 24.1 Å². The van der Waals surface area contributed by atoms with Crippen molar-refractivity contribution in [2.75, 3.05) is 40.0 Å². The molecular weight excluding hydrogens is 382 g/mol. The molecule has 1 aliphatic heterocycles. The quantitative estimate of drug-likeness (QED) is 0.634. The first-order valence-electron chi connectivity index (χ1n) is 10.0. The predicted octanol–water partition coefficient (Wildman–Crippen LogP) is 3.37. The maximum Gasteiger partial charge on any atom is 0.257 e. The van der Waals surface area contributed by atoms with Gasteiger partial charge in [-0.25, -0.2) is 4.98 Å². The Balaban J connectivity index is 1.78. The van der Waals surface area contributed by atoms with E-state index in [1.165, 1.54) is 0 Å². The van der Waals surface area contributed by atoms with Gasteiger partial charge in [0, 0.05) is 13.1 Å². The average Bonchev–Trinajstić information content (AvgIpc) is 3.22. The van der Waals surface area contributed by atoms with Gasteiger partial charge in [-0.05, 0) is 42.8 Å². The van der Waals surface area contributed by atoms with Gasteiger partial charge in [0.15, 0.2) is 11.5 Å². The number of carbonyl (C=O) groups excluding carboxylic acids is 1. The van der Waals surface area contributed by atoms with Crippen molar-refractivity contribution in [3.05, 3.63) is 53.9 Å². The molecule has 30 heavy (non-hydrogen) atoms. The van der Waals surface area contributed by atoms with Crippen LogP contribution in [-0.2, 0) is 9.53 Å². The van der Waals surface area contributed by atoms with E-state index in [2.05, 4.69) is 9.97 Å². The summed E-state index contributed by atoms with van der Waals surface area (Å²) in [4.78, 5) is 23.1. The largest absolute Gasteiger partial charge is 0.493 e. The lowest BCUT2D eigenvalue weighted by atomic mass is 10.1. The lowest BCUT2D eigenvalue weighted by Crippen LogP contribution is -2.41. The Morgan fingerprint density at radius 2 is 2.00 bits per heavy atom. The molecule has 0 radical (unpaired) electrons. The second-order valence-electron chi connectivity index (χ2n) is 6.91. The Labute approximate surface area is 175 Å². The molecule has 7 heteroatoms. The predicted molar refractivity (Wildman–Crippen MR) is 116 cm³/mol. The number of aromatic amines is 1. The lowest BCUT2D eigenvalue weighted by Gasteiger charge is -2.27. The number of H-pyrrole nitrogens is 1. The Kier molecular flexibility index (Phi) is 5.99. The summed E-state index contributed by atoms with van der Waals surface area (Å²) < 4.78 is 16.5. The molecule has 7 nitrogen and oxygen atoms in total. The number of carbonyl (C=O) groups is 1. The summed E-state index contributed by atoms with van der Waals surface area (Å²) in [7, 11) is 1.61. The second-order valence-corrected chi connectivity index (χ2v) is 6.91. The van der Waals surface area contributed by atoms with E-state index < -0.39 is 0 Å². The van der Waals surface area contributed by atoms with E-state index >= 15 is 0 Å². The molecule has 156 valence electrons. The number of morpholine rings is 1. The summed E-state index contributed by atoms with van der Waals surface area (Å²) in [5.74, 6) is 1.75. The van der Waals surface area contributed by atoms with Crippen molar-refractivity contribution in [3.63, 3.8) is 0 Å². The van der Waals surface area contributed by atoms with Gasteiger partial charge in [-0.3, -0.25) is 4.79 Å². The fourth-order valence-corrected chi connectivity index (χ4v) is 3.47. The van der Waals surface area contributed by atoms with Crippen molar-refractivity contribution in [1.29, 1.82) is 0 Å². The zero-order chi connectivity index (χ0) is 20.9. The van der Waals surface area contributed by atoms with Crippen LogP contribution in [0, 0.1) is 0 Å². The van der Waals surface area contributed by atoms with E-state index in [9.17, 15) is 4.79 Å². The molecule has 1 aliphatic rings. The molecule has 0 spiro atoms. The fraction of sp³-hybridized carbons (Fsp3) is 0.304. The summed E-state index contributed by atoms with van der Waals surface area (Å²) >= 11 is 0. The molecule has 4 rings (SSSR count). The number of fused-ring (bicyclic) bond motifs is 1. The van der Waals surface area contributed by atoms with Crippen molar-refractivity contribution >= 4 is 28.6 Å². The number of nitrogens with one attached hydrogen (secondary N) is 1. The number of nitrogens with zero attached hydrogens (tertiary/aromatic N) is 2. The Morgan fingerprint density at radius 3 is 2.73 bits per heavy atom. The van der Waals surface area contributed by atoms with Gasteiger partial charge in [-0.15, -0.1) is 0 Å². The van der Waals surface area contributed by atoms with E-state index in [4.69, 9.17) is 14.2 Å². The first-order chi connectivity index (χ1) is 14.7. The number of aromatic nitrogens is 2. The van der Waals surface area contributed by atoms with E-state index in [1.807, 2.05) is 55.5 Å². The minimum atomic E-state index is -0.0777. The summed E-state index contributed by atoms with van der Waals surface area (Å²) in [5, 5.41) is 0. The number of ether oxygens (including phenoxy) is 3. The summed E-state index contributed by atoms with van der Waals surface area (Å²) in [5.41, 5.74) is 3.04. The molecule has 1 amide bonds. The Hall–Kier alpha value is -3.32. The van der Waals surface area contributed by atoms with Crippen LogP contribution in [0.3, 0.4) is 0 Å². The van der Waals surface area contributed by atoms with Crippen molar-refractivity contribution in [3.8, 4) is 11.5 Å². The smallest absolute Gasteiger partial charge is 0.257 e. The van der Waals surface area contributed by atoms with Crippen molar-refractivity contribution < 1.29 is 19.0 Å². The molecule has 1 saturated heterocycles. The normalized spacial score (nSPS) is 14.7. The third-order valence-electron chi connectivity index (χ3n) is 4.97. The van der Waals surface area contributed by atoms with Crippen LogP contribution in [0.25, 0.3) is 22.7 Å². The first-order valence-corrected chi connectivity index (χ1v) is 10.0. The van der Waals surface area contributed by atoms with E-state index in [0.717, 1.165) is 16.6 Å². The van der Waals surface area contributed by atoms with Gasteiger partial charge in [-0.2, -0.15) is 0 Å². The highest BCUT2D eigenvalue weighted by Crippen LogP contribution is 2.30. The van der Waals surface area contributed by atoms with E-state index in [1.54, 1.807) is 12.0 Å². The minimum absolute atomic E-state index is 0.0777. The number of imidazole rings is 1. The third-order valence-corrected chi connectivity index (χ3v) is 4.97. The topological polar surface area (TPSA) is 76.7 Å². The van der Waals surface area contributed by atoms with Crippen molar-refractivity contribution in [2.45, 2.75) is 6.92 Å². The highest BCUT2D eigenvalue weighted by Gasteiger charge is 2.24. The lowest BCUT2D eigenvalue weighted by molar-refractivity contribution is -0.128. The van der Waals surface area contributed by atoms with Crippen LogP contribution in [-0.4, -0.2) is 60.8 Å². The number of benzene rings is 2. The Bertz CT molecular complexity index is 1030. The SMILES string of the molecule is CCOc1cc(C=C(C(=O)N2CCOCC2)c2nc3ccccc3[nH]2)ccc1OC. The standard InChI is InChI=1S/C23H25N3O4/c1-3-30-21-15-16(8-9-20(21)28-2)14-17(23(27)26-10-12-29-13-11-26)22-24-18-6-4-5-7-19(18)25-22/h4-9,14-15H,3,10-13H2,1-2H3,(H,24,25). The molecule has 2 aromatic carbocycles. The van der Waals surface area contributed by atoms with Crippen molar-refractivity contribution in [1.82, 2.24) is 14.9 Å². The minimum Gasteiger partial charge on any atom is -0.493 e. The third kappa shape index (κ3) is 4.16. The number of methoxy groups -OCH3 is 1. The molecule has 0 atom stereocenters. The van der Waals surface area contributed by atoms with Gasteiger partial charge in [0.1, 0.15) is 5.82 Å². The molecule has 0 aliphatic carbocycles. The zero-order valence-corrected chi connectivity index (χ0v) is 17.2. The molecule has 0 saturated carbocycles. The molecule has 1 aromatic heterocycles. The molecule has 0 bridgehead atoms. The highest BCUT2D eigenvalue weighted by molar-refractivity contribution is 6.23. The van der Waals surface area contributed by atoms with Crippen LogP contribution >= 0.6 is 0 Å². The van der Waals surface area contributed by atoms with Crippen LogP contribution in [0.4, 0.5) is 0 Å². The van der Waals surface area contributed by atoms with Gasteiger partial charge in [-0.1, -0.05) is 18.2 Å². The van der Waals surface area contributed by atoms with Crippen LogP contribution in [0.15, 0.2) is 42.5 Å². The van der Waals surface area contributed by atoms with Crippen LogP contribution in [0.5, 0.6) is 11.5 Å². The molecule has 0 unspecified atom stereocenters. The number of amides is 1. The van der Waals surface area contributed by atoms with E-state index in [0.29, 0.717) is 55.8 Å². The van der Waals surface area contributed by atoms with Crippen LogP contribution < -0.4 is 9.47 Å². The summed E-state index contributed by atoms with van der Waals surface area (Å²) in [6, 6.07) is 13.4. The summed E-state index contributed by atoms with van der Waals surface area (Å²) in [6.07, 6.45) is 1.84. The molecule has 1 fully saturated rings. The number of hydrogen-bond acceptors (Lipinski definition) is 5. The maximum atomic E-state index is 13.4. The number of hydrogen-bond donors (Lipinski definition) is 1. The molecule has 3 aromatic rings. The number of rotatable bonds is 6.